The average molecular weight is 491 g/mol. The van der Waals surface area contributed by atoms with Crippen molar-refractivity contribution in [2.24, 2.45) is 20.5 Å². The van der Waals surface area contributed by atoms with Crippen LogP contribution < -0.4 is 9.47 Å². The Morgan fingerprint density at radius 2 is 1.05 bits per heavy atom. The molecule has 37 heavy (non-hydrogen) atoms. The molecular formula is C28H22N6O3. The summed E-state index contributed by atoms with van der Waals surface area (Å²) in [7, 11) is 3.20. The minimum Gasteiger partial charge on any atom is -0.496 e. The lowest BCUT2D eigenvalue weighted by Crippen LogP contribution is -1.87. The quantitative estimate of drug-likeness (QED) is 0.204. The Balaban J connectivity index is 1.39. The minimum absolute atomic E-state index is 0.527. The molecule has 3 aromatic heterocycles. The van der Waals surface area contributed by atoms with Crippen molar-refractivity contribution in [1.29, 1.82) is 0 Å². The predicted molar refractivity (Wildman–Crippen MR) is 140 cm³/mol. The predicted octanol–water partition coefficient (Wildman–Crippen LogP) is 8.25. The van der Waals surface area contributed by atoms with Crippen LogP contribution in [0.2, 0.25) is 0 Å². The van der Waals surface area contributed by atoms with Crippen LogP contribution in [-0.4, -0.2) is 24.2 Å². The molecule has 5 rings (SSSR count). The summed E-state index contributed by atoms with van der Waals surface area (Å²) in [6.45, 7) is 0. The Kier molecular flexibility index (Phi) is 7.03. The van der Waals surface area contributed by atoms with Gasteiger partial charge >= 0.3 is 0 Å². The molecule has 0 saturated carbocycles. The third-order valence-corrected chi connectivity index (χ3v) is 5.34. The fourth-order valence-corrected chi connectivity index (χ4v) is 3.56. The van der Waals surface area contributed by atoms with Gasteiger partial charge in [-0.2, -0.15) is 0 Å². The highest BCUT2D eigenvalue weighted by Crippen LogP contribution is 2.40. The summed E-state index contributed by atoms with van der Waals surface area (Å²) in [6, 6.07) is 25.7. The van der Waals surface area contributed by atoms with Crippen LogP contribution in [0.15, 0.2) is 122 Å². The van der Waals surface area contributed by atoms with Crippen LogP contribution in [-0.2, 0) is 0 Å². The highest BCUT2D eigenvalue weighted by Gasteiger charge is 2.15. The van der Waals surface area contributed by atoms with Crippen molar-refractivity contribution in [2.75, 3.05) is 14.2 Å². The Morgan fingerprint density at radius 1 is 0.568 bits per heavy atom. The normalized spacial score (nSPS) is 11.3. The van der Waals surface area contributed by atoms with E-state index in [1.807, 2.05) is 60.7 Å². The van der Waals surface area contributed by atoms with E-state index < -0.39 is 0 Å². The average Bonchev–Trinajstić information content (AvgIpc) is 3.45. The molecule has 0 unspecified atom stereocenters. The Morgan fingerprint density at radius 3 is 1.46 bits per heavy atom. The molecule has 0 aliphatic heterocycles. The number of nitrogens with zero attached hydrogens (tertiary/aromatic N) is 6. The Bertz CT molecular complexity index is 1430. The molecule has 9 heteroatoms. The number of aromatic nitrogens is 2. The summed E-state index contributed by atoms with van der Waals surface area (Å²) < 4.78 is 17.4. The second-order valence-corrected chi connectivity index (χ2v) is 7.71. The van der Waals surface area contributed by atoms with E-state index in [4.69, 9.17) is 13.9 Å². The Labute approximate surface area is 213 Å². The largest absolute Gasteiger partial charge is 0.496 e. The third kappa shape index (κ3) is 5.57. The van der Waals surface area contributed by atoms with Gasteiger partial charge in [-0.1, -0.05) is 12.1 Å². The van der Waals surface area contributed by atoms with Gasteiger partial charge in [-0.3, -0.25) is 0 Å². The van der Waals surface area contributed by atoms with Crippen LogP contribution in [0.5, 0.6) is 11.5 Å². The van der Waals surface area contributed by atoms with Crippen LogP contribution in [0.4, 0.5) is 23.0 Å². The van der Waals surface area contributed by atoms with Gasteiger partial charge in [-0.15, -0.1) is 20.5 Å². The van der Waals surface area contributed by atoms with Gasteiger partial charge in [0.2, 0.25) is 0 Å². The van der Waals surface area contributed by atoms with Gasteiger partial charge in [-0.05, 0) is 60.7 Å². The van der Waals surface area contributed by atoms with E-state index in [9.17, 15) is 0 Å². The summed E-state index contributed by atoms with van der Waals surface area (Å²) >= 11 is 0. The van der Waals surface area contributed by atoms with Crippen LogP contribution in [0.1, 0.15) is 0 Å². The molecule has 0 N–H and O–H groups in total. The number of methoxy groups -OCH3 is 2. The molecule has 0 spiro atoms. The molecule has 0 aliphatic rings. The van der Waals surface area contributed by atoms with Crippen LogP contribution >= 0.6 is 0 Å². The SMILES string of the molecule is COc1cc(N=Nc2ccccn2)ccc1-c1ccc(-c2ccc(N=Nc3ccccn3)cc2OC)o1. The zero-order valence-electron chi connectivity index (χ0n) is 20.1. The highest BCUT2D eigenvalue weighted by atomic mass is 16.5. The van der Waals surface area contributed by atoms with E-state index in [0.717, 1.165) is 11.1 Å². The zero-order valence-corrected chi connectivity index (χ0v) is 20.1. The molecule has 0 bridgehead atoms. The maximum absolute atomic E-state index is 6.19. The van der Waals surface area contributed by atoms with Crippen molar-refractivity contribution >= 4 is 23.0 Å². The van der Waals surface area contributed by atoms with Gasteiger partial charge in [0.25, 0.3) is 0 Å². The molecule has 0 atom stereocenters. The fraction of sp³-hybridized carbons (Fsp3) is 0.0714. The number of ether oxygens (including phenoxy) is 2. The lowest BCUT2D eigenvalue weighted by molar-refractivity contribution is 0.413. The van der Waals surface area contributed by atoms with E-state index >= 15 is 0 Å². The van der Waals surface area contributed by atoms with Gasteiger partial charge in [0.15, 0.2) is 11.6 Å². The van der Waals surface area contributed by atoms with Crippen LogP contribution in [0, 0.1) is 0 Å². The first-order chi connectivity index (χ1) is 18.2. The van der Waals surface area contributed by atoms with Gasteiger partial charge in [-0.25, -0.2) is 9.97 Å². The number of hydrogen-bond donors (Lipinski definition) is 0. The van der Waals surface area contributed by atoms with Gasteiger partial charge in [0.05, 0.1) is 36.7 Å². The first kappa shape index (κ1) is 23.6. The molecule has 3 heterocycles. The summed E-state index contributed by atoms with van der Waals surface area (Å²) in [6.07, 6.45) is 3.34. The molecule has 9 nitrogen and oxygen atoms in total. The summed E-state index contributed by atoms with van der Waals surface area (Å²) in [4.78, 5) is 8.29. The fourth-order valence-electron chi connectivity index (χ4n) is 3.56. The van der Waals surface area contributed by atoms with Crippen molar-refractivity contribution in [3.8, 4) is 34.1 Å². The van der Waals surface area contributed by atoms with E-state index in [2.05, 4.69) is 30.4 Å². The molecule has 2 aromatic carbocycles. The van der Waals surface area contributed by atoms with E-state index in [1.54, 1.807) is 50.9 Å². The van der Waals surface area contributed by atoms with Crippen molar-refractivity contribution in [1.82, 2.24) is 9.97 Å². The number of rotatable bonds is 8. The molecule has 0 saturated heterocycles. The molecule has 0 amide bonds. The van der Waals surface area contributed by atoms with Gasteiger partial charge in [0.1, 0.15) is 23.0 Å². The molecule has 182 valence electrons. The maximum Gasteiger partial charge on any atom is 0.174 e. The van der Waals surface area contributed by atoms with Crippen molar-refractivity contribution in [3.63, 3.8) is 0 Å². The molecule has 0 radical (unpaired) electrons. The van der Waals surface area contributed by atoms with Crippen LogP contribution in [0.25, 0.3) is 22.6 Å². The number of benzene rings is 2. The summed E-state index contributed by atoms with van der Waals surface area (Å²) in [5, 5.41) is 16.8. The first-order valence-electron chi connectivity index (χ1n) is 11.4. The van der Waals surface area contributed by atoms with Gasteiger partial charge < -0.3 is 13.9 Å². The molecule has 0 aliphatic carbocycles. The molecular weight excluding hydrogens is 468 g/mol. The number of azo groups is 2. The lowest BCUT2D eigenvalue weighted by Gasteiger charge is -2.08. The minimum atomic E-state index is 0.527. The summed E-state index contributed by atoms with van der Waals surface area (Å²) in [5.74, 6) is 3.55. The molecule has 0 fully saturated rings. The third-order valence-electron chi connectivity index (χ3n) is 5.34. The van der Waals surface area contributed by atoms with E-state index in [1.165, 1.54) is 0 Å². The van der Waals surface area contributed by atoms with E-state index in [0.29, 0.717) is 46.0 Å². The second kappa shape index (κ2) is 11.0. The maximum atomic E-state index is 6.19. The second-order valence-electron chi connectivity index (χ2n) is 7.71. The van der Waals surface area contributed by atoms with E-state index in [-0.39, 0.29) is 0 Å². The monoisotopic (exact) mass is 490 g/mol. The number of pyridine rings is 2. The number of hydrogen-bond acceptors (Lipinski definition) is 9. The Hall–Kier alpha value is -5.18. The van der Waals surface area contributed by atoms with Crippen LogP contribution in [0.3, 0.4) is 0 Å². The van der Waals surface area contributed by atoms with Crippen molar-refractivity contribution in [2.45, 2.75) is 0 Å². The van der Waals surface area contributed by atoms with Gasteiger partial charge in [0, 0.05) is 24.5 Å². The smallest absolute Gasteiger partial charge is 0.174 e. The van der Waals surface area contributed by atoms with Crippen molar-refractivity contribution in [3.05, 3.63) is 97.3 Å². The standard InChI is InChI=1S/C28H22N6O3/c1-35-25-17-19(31-33-27-7-3-5-15-29-27)9-11-21(25)23-13-14-24(37-23)22-12-10-20(18-26(22)36-2)32-34-28-8-4-6-16-30-28/h3-18H,1-2H3. The zero-order chi connectivity index (χ0) is 25.5. The summed E-state index contributed by atoms with van der Waals surface area (Å²) in [5.41, 5.74) is 2.83. The number of furan rings is 1. The molecule has 5 aromatic rings. The first-order valence-corrected chi connectivity index (χ1v) is 11.4. The van der Waals surface area contributed by atoms with Crippen molar-refractivity contribution < 1.29 is 13.9 Å². The topological polar surface area (TPSA) is 107 Å². The lowest BCUT2D eigenvalue weighted by atomic mass is 10.1. The highest BCUT2D eigenvalue weighted by molar-refractivity contribution is 5.74.